The van der Waals surface area contributed by atoms with Crippen molar-refractivity contribution in [3.05, 3.63) is 53.6 Å². The first-order valence-corrected chi connectivity index (χ1v) is 5.88. The Labute approximate surface area is 123 Å². The zero-order valence-electron chi connectivity index (χ0n) is 11.0. The Morgan fingerprint density at radius 2 is 1.85 bits per heavy atom. The van der Waals surface area contributed by atoms with Gasteiger partial charge in [0.2, 0.25) is 0 Å². The highest BCUT2D eigenvalue weighted by molar-refractivity contribution is 5.99. The Morgan fingerprint density at radius 1 is 1.20 bits per heavy atom. The molecule has 2 aromatic rings. The molecule has 106 valence electrons. The second kappa shape index (κ2) is 6.82. The van der Waals surface area contributed by atoms with Crippen LogP contribution in [0.5, 0.6) is 11.5 Å². The van der Waals surface area contributed by atoms with E-state index in [1.54, 1.807) is 6.07 Å². The van der Waals surface area contributed by atoms with E-state index in [0.29, 0.717) is 12.4 Å². The van der Waals surface area contributed by atoms with E-state index in [2.05, 4.69) is 0 Å². The van der Waals surface area contributed by atoms with Gasteiger partial charge in [-0.1, -0.05) is 30.3 Å². The van der Waals surface area contributed by atoms with Gasteiger partial charge in [0.25, 0.3) is 0 Å². The number of nitrogen functional groups attached to an aromatic ring is 1. The van der Waals surface area contributed by atoms with Crippen LogP contribution in [0.4, 0.5) is 5.69 Å². The second-order valence-corrected chi connectivity index (χ2v) is 4.20. The van der Waals surface area contributed by atoms with Crippen molar-refractivity contribution in [1.82, 2.24) is 0 Å². The van der Waals surface area contributed by atoms with Gasteiger partial charge in [0.15, 0.2) is 11.5 Å². The fraction of sp³-hybridized carbons (Fsp3) is 0.133. The molecule has 0 heterocycles. The number of ether oxygens (including phenoxy) is 1. The second-order valence-electron chi connectivity index (χ2n) is 4.20. The predicted octanol–water partition coefficient (Wildman–Crippen LogP) is 3.18. The minimum absolute atomic E-state index is 0. The number of hydrogen-bond acceptors (Lipinski definition) is 4. The molecule has 4 nitrogen and oxygen atoms in total. The maximum Gasteiger partial charge on any atom is 0.163 e. The zero-order valence-corrected chi connectivity index (χ0v) is 11.8. The van der Waals surface area contributed by atoms with Gasteiger partial charge in [-0.05, 0) is 24.6 Å². The fourth-order valence-corrected chi connectivity index (χ4v) is 1.73. The van der Waals surface area contributed by atoms with Gasteiger partial charge in [-0.3, -0.25) is 4.79 Å². The first-order chi connectivity index (χ1) is 9.09. The van der Waals surface area contributed by atoms with E-state index in [0.717, 1.165) is 5.56 Å². The number of phenolic OH excluding ortho intramolecular Hbond substituents is 1. The minimum atomic E-state index is -0.237. The van der Waals surface area contributed by atoms with Gasteiger partial charge >= 0.3 is 0 Å². The predicted molar refractivity (Wildman–Crippen MR) is 80.5 cm³/mol. The van der Waals surface area contributed by atoms with Crippen LogP contribution in [0.25, 0.3) is 0 Å². The summed E-state index contributed by atoms with van der Waals surface area (Å²) in [6.07, 6.45) is 0. The molecule has 0 aliphatic heterocycles. The number of anilines is 1. The van der Waals surface area contributed by atoms with Crippen molar-refractivity contribution in [1.29, 1.82) is 0 Å². The van der Waals surface area contributed by atoms with Crippen molar-refractivity contribution in [3.63, 3.8) is 0 Å². The Kier molecular flexibility index (Phi) is 5.41. The van der Waals surface area contributed by atoms with Gasteiger partial charge in [-0.15, -0.1) is 12.4 Å². The number of rotatable bonds is 4. The molecule has 0 atom stereocenters. The van der Waals surface area contributed by atoms with E-state index in [-0.39, 0.29) is 35.2 Å². The number of Topliss-reactive ketones (excluding diaryl/α,β-unsaturated/α-hetero) is 1. The Bertz CT molecular complexity index is 600. The molecule has 0 saturated carbocycles. The Morgan fingerprint density at radius 3 is 2.45 bits per heavy atom. The lowest BCUT2D eigenvalue weighted by atomic mass is 10.1. The summed E-state index contributed by atoms with van der Waals surface area (Å²) in [5, 5.41) is 9.82. The molecule has 0 radical (unpaired) electrons. The largest absolute Gasteiger partial charge is 0.505 e. The van der Waals surface area contributed by atoms with E-state index in [4.69, 9.17) is 10.5 Å². The molecule has 0 spiro atoms. The number of hydrogen-bond donors (Lipinski definition) is 2. The molecular weight excluding hydrogens is 278 g/mol. The van der Waals surface area contributed by atoms with Crippen LogP contribution in [0, 0.1) is 0 Å². The van der Waals surface area contributed by atoms with Crippen molar-refractivity contribution < 1.29 is 14.6 Å². The molecule has 20 heavy (non-hydrogen) atoms. The van der Waals surface area contributed by atoms with Gasteiger partial charge in [0.1, 0.15) is 18.0 Å². The van der Waals surface area contributed by atoms with Crippen molar-refractivity contribution in [2.75, 3.05) is 5.73 Å². The quantitative estimate of drug-likeness (QED) is 0.516. The zero-order chi connectivity index (χ0) is 13.8. The average molecular weight is 294 g/mol. The third-order valence-electron chi connectivity index (χ3n) is 2.79. The highest BCUT2D eigenvalue weighted by Gasteiger charge is 2.13. The van der Waals surface area contributed by atoms with E-state index in [1.165, 1.54) is 13.0 Å². The molecule has 0 fully saturated rings. The fourth-order valence-electron chi connectivity index (χ4n) is 1.73. The maximum absolute atomic E-state index is 11.3. The lowest BCUT2D eigenvalue weighted by molar-refractivity contribution is 0.101. The average Bonchev–Trinajstić information content (AvgIpc) is 2.41. The van der Waals surface area contributed by atoms with E-state index < -0.39 is 0 Å². The Hall–Kier alpha value is -2.20. The number of ketones is 1. The van der Waals surface area contributed by atoms with Crippen LogP contribution in [0.15, 0.2) is 42.5 Å². The summed E-state index contributed by atoms with van der Waals surface area (Å²) in [4.78, 5) is 11.3. The standard InChI is InChI=1S/C15H15NO3.ClH/c1-10(17)12-7-8-13(14(16)15(12)18)19-9-11-5-3-2-4-6-11;/h2-8,18H,9,16H2,1H3;1H. The summed E-state index contributed by atoms with van der Waals surface area (Å²) in [6.45, 7) is 1.73. The van der Waals surface area contributed by atoms with E-state index >= 15 is 0 Å². The molecular formula is C15H16ClNO3. The van der Waals surface area contributed by atoms with Crippen molar-refractivity contribution in [2.45, 2.75) is 13.5 Å². The Balaban J connectivity index is 0.00000200. The summed E-state index contributed by atoms with van der Waals surface area (Å²) >= 11 is 0. The normalized spacial score (nSPS) is 9.65. The topological polar surface area (TPSA) is 72.5 Å². The highest BCUT2D eigenvalue weighted by atomic mass is 35.5. The van der Waals surface area contributed by atoms with Crippen molar-refractivity contribution >= 4 is 23.9 Å². The van der Waals surface area contributed by atoms with Crippen LogP contribution in [-0.4, -0.2) is 10.9 Å². The van der Waals surface area contributed by atoms with Crippen LogP contribution in [0.3, 0.4) is 0 Å². The summed E-state index contributed by atoms with van der Waals surface area (Å²) < 4.78 is 5.54. The van der Waals surface area contributed by atoms with Gasteiger partial charge < -0.3 is 15.6 Å². The molecule has 5 heteroatoms. The van der Waals surface area contributed by atoms with E-state index in [9.17, 15) is 9.90 Å². The third kappa shape index (κ3) is 3.42. The summed E-state index contributed by atoms with van der Waals surface area (Å²) in [7, 11) is 0. The summed E-state index contributed by atoms with van der Waals surface area (Å²) in [6, 6.07) is 12.7. The van der Waals surface area contributed by atoms with Gasteiger partial charge in [-0.25, -0.2) is 0 Å². The van der Waals surface area contributed by atoms with Crippen LogP contribution in [-0.2, 0) is 6.61 Å². The number of benzene rings is 2. The lowest BCUT2D eigenvalue weighted by Gasteiger charge is -2.11. The maximum atomic E-state index is 11.3. The molecule has 0 bridgehead atoms. The van der Waals surface area contributed by atoms with Gasteiger partial charge in [0.05, 0.1) is 5.56 Å². The summed E-state index contributed by atoms with van der Waals surface area (Å²) in [5.41, 5.74) is 7.04. The lowest BCUT2D eigenvalue weighted by Crippen LogP contribution is -2.02. The number of phenols is 1. The van der Waals surface area contributed by atoms with Crippen molar-refractivity contribution in [3.8, 4) is 11.5 Å². The number of nitrogens with two attached hydrogens (primary N) is 1. The monoisotopic (exact) mass is 293 g/mol. The molecule has 0 aliphatic carbocycles. The molecule has 2 rings (SSSR count). The molecule has 0 aliphatic rings. The van der Waals surface area contributed by atoms with Gasteiger partial charge in [-0.2, -0.15) is 0 Å². The molecule has 2 aromatic carbocycles. The molecule has 0 unspecified atom stereocenters. The van der Waals surface area contributed by atoms with Crippen LogP contribution < -0.4 is 10.5 Å². The first-order valence-electron chi connectivity index (χ1n) is 5.88. The highest BCUT2D eigenvalue weighted by Crippen LogP contribution is 2.34. The molecule has 0 saturated heterocycles. The first kappa shape index (κ1) is 15.9. The minimum Gasteiger partial charge on any atom is -0.505 e. The SMILES string of the molecule is CC(=O)c1ccc(OCc2ccccc2)c(N)c1O.Cl. The van der Waals surface area contributed by atoms with Crippen LogP contribution >= 0.6 is 12.4 Å². The van der Waals surface area contributed by atoms with Crippen molar-refractivity contribution in [2.24, 2.45) is 0 Å². The van der Waals surface area contributed by atoms with Gasteiger partial charge in [0, 0.05) is 0 Å². The van der Waals surface area contributed by atoms with E-state index in [1.807, 2.05) is 30.3 Å². The molecule has 0 aromatic heterocycles. The number of carbonyl (C=O) groups excluding carboxylic acids is 1. The number of halogens is 1. The smallest absolute Gasteiger partial charge is 0.163 e. The molecule has 0 amide bonds. The van der Waals surface area contributed by atoms with Crippen LogP contribution in [0.2, 0.25) is 0 Å². The third-order valence-corrected chi connectivity index (χ3v) is 2.79. The molecule has 3 N–H and O–H groups in total. The summed E-state index contributed by atoms with van der Waals surface area (Å²) in [5.74, 6) is -0.0942. The number of carbonyl (C=O) groups is 1. The number of aromatic hydroxyl groups is 1. The van der Waals surface area contributed by atoms with Crippen LogP contribution in [0.1, 0.15) is 22.8 Å².